The summed E-state index contributed by atoms with van der Waals surface area (Å²) < 4.78 is 6.41. The number of Topliss-reactive ketones (excluding diaryl/α,β-unsaturated/α-hetero) is 2. The van der Waals surface area contributed by atoms with Crippen LogP contribution in [0.1, 0.15) is 92.0 Å². The number of benzene rings is 3. The van der Waals surface area contributed by atoms with Crippen LogP contribution < -0.4 is 0 Å². The molecule has 4 aliphatic rings. The predicted molar refractivity (Wildman–Crippen MR) is 185 cm³/mol. The number of allylic oxidation sites excluding steroid dienone is 4. The summed E-state index contributed by atoms with van der Waals surface area (Å²) in [7, 11) is 0. The molecule has 3 aromatic carbocycles. The number of carbonyl (C=O) groups excluding carboxylic acids is 3. The highest BCUT2D eigenvalue weighted by atomic mass is 16.3. The summed E-state index contributed by atoms with van der Waals surface area (Å²) in [6.45, 7) is 6.62. The second kappa shape index (κ2) is 11.1. The van der Waals surface area contributed by atoms with Gasteiger partial charge in [0.1, 0.15) is 17.1 Å². The van der Waals surface area contributed by atoms with Gasteiger partial charge in [-0.15, -0.1) is 0 Å². The Kier molecular flexibility index (Phi) is 7.13. The molecule has 0 radical (unpaired) electrons. The summed E-state index contributed by atoms with van der Waals surface area (Å²) in [5.74, 6) is 2.78. The number of rotatable bonds is 6. The van der Waals surface area contributed by atoms with E-state index in [0.29, 0.717) is 63.4 Å². The molecule has 0 saturated heterocycles. The Morgan fingerprint density at radius 1 is 0.787 bits per heavy atom. The van der Waals surface area contributed by atoms with E-state index < -0.39 is 0 Å². The van der Waals surface area contributed by atoms with Crippen molar-refractivity contribution in [2.75, 3.05) is 0 Å². The lowest BCUT2D eigenvalue weighted by Crippen LogP contribution is -2.49. The van der Waals surface area contributed by atoms with Crippen LogP contribution in [-0.4, -0.2) is 17.3 Å². The third-order valence-corrected chi connectivity index (χ3v) is 12.8. The number of ketones is 3. The molecule has 4 nitrogen and oxygen atoms in total. The zero-order valence-corrected chi connectivity index (χ0v) is 27.6. The number of fused-ring (bicyclic) bond motifs is 6. The minimum Gasteiger partial charge on any atom is -0.455 e. The van der Waals surface area contributed by atoms with E-state index in [0.717, 1.165) is 49.7 Å². The Labute approximate surface area is 276 Å². The maximum absolute atomic E-state index is 14.7. The SMILES string of the molecule is CC(=O)[C@H]1CC[C@H]2[C@@H]3CC=C4C=C(C(=O)c5c(-c6ccccc6)oc6ccc(C(=O)c7ccccc7)cc56)CC[C@]4(C)[C@H]3CC[C@]12C. The van der Waals surface area contributed by atoms with E-state index in [9.17, 15) is 14.4 Å². The second-order valence-corrected chi connectivity index (χ2v) is 15.1. The van der Waals surface area contributed by atoms with Crippen molar-refractivity contribution in [1.29, 1.82) is 0 Å². The van der Waals surface area contributed by atoms with E-state index in [1.54, 1.807) is 13.0 Å². The molecule has 238 valence electrons. The molecule has 8 rings (SSSR count). The molecule has 1 heterocycles. The minimum atomic E-state index is -0.0802. The van der Waals surface area contributed by atoms with Crippen LogP contribution in [0.4, 0.5) is 0 Å². The summed E-state index contributed by atoms with van der Waals surface area (Å²) in [5.41, 5.74) is 5.38. The van der Waals surface area contributed by atoms with Crippen LogP contribution in [-0.2, 0) is 4.79 Å². The highest BCUT2D eigenvalue weighted by Gasteiger charge is 2.59. The van der Waals surface area contributed by atoms with Crippen molar-refractivity contribution < 1.29 is 18.8 Å². The minimum absolute atomic E-state index is 0.0201. The molecular formula is C43H42O4. The summed E-state index contributed by atoms with van der Waals surface area (Å²) in [6.07, 6.45) is 11.7. The first-order valence-corrected chi connectivity index (χ1v) is 17.4. The lowest BCUT2D eigenvalue weighted by atomic mass is 9.47. The Bertz CT molecular complexity index is 1980. The van der Waals surface area contributed by atoms with Crippen molar-refractivity contribution in [2.24, 2.45) is 34.5 Å². The third-order valence-electron chi connectivity index (χ3n) is 12.8. The molecule has 0 bridgehead atoms. The van der Waals surface area contributed by atoms with Crippen molar-refractivity contribution in [3.63, 3.8) is 0 Å². The first kappa shape index (κ1) is 30.1. The van der Waals surface area contributed by atoms with Gasteiger partial charge in [0, 0.05) is 33.6 Å². The average molecular weight is 623 g/mol. The highest BCUT2D eigenvalue weighted by molar-refractivity contribution is 6.21. The molecule has 0 N–H and O–H groups in total. The third kappa shape index (κ3) is 4.66. The molecule has 6 atom stereocenters. The van der Waals surface area contributed by atoms with Gasteiger partial charge < -0.3 is 4.42 Å². The zero-order chi connectivity index (χ0) is 32.5. The molecule has 4 heteroatoms. The van der Waals surface area contributed by atoms with Gasteiger partial charge in [0.05, 0.1) is 5.56 Å². The lowest BCUT2D eigenvalue weighted by molar-refractivity contribution is -0.127. The molecular weight excluding hydrogens is 580 g/mol. The van der Waals surface area contributed by atoms with E-state index in [1.807, 2.05) is 72.8 Å². The summed E-state index contributed by atoms with van der Waals surface area (Å²) >= 11 is 0. The van der Waals surface area contributed by atoms with Crippen molar-refractivity contribution in [3.05, 3.63) is 119 Å². The quantitative estimate of drug-likeness (QED) is 0.201. The van der Waals surface area contributed by atoms with Crippen LogP contribution in [0, 0.1) is 34.5 Å². The molecule has 0 aliphatic heterocycles. The number of hydrogen-bond donors (Lipinski definition) is 0. The Hall–Kier alpha value is -4.31. The molecule has 2 fully saturated rings. The summed E-state index contributed by atoms with van der Waals surface area (Å²) in [6, 6.07) is 24.5. The Balaban J connectivity index is 1.18. The van der Waals surface area contributed by atoms with Gasteiger partial charge >= 0.3 is 0 Å². The molecule has 2 saturated carbocycles. The average Bonchev–Trinajstić information content (AvgIpc) is 3.66. The first-order chi connectivity index (χ1) is 22.7. The van der Waals surface area contributed by atoms with Crippen LogP contribution in [0.15, 0.2) is 107 Å². The Morgan fingerprint density at radius 3 is 2.28 bits per heavy atom. The fourth-order valence-electron chi connectivity index (χ4n) is 10.3. The standard InChI is InChI=1S/C43H42O4/c1-26(44)34-17-18-35-32-16-15-31-24-30(20-22-42(31,2)36(32)21-23-43(34,35)3)40(46)38-33-25-29(39(45)27-10-6-4-7-11-27)14-19-37(33)47-41(38)28-12-8-5-9-13-28/h4-15,19,24-25,32,34-36H,16-18,20-23H2,1-3H3/t32-,34+,35-,36-,42-,43+/m0/s1. The first-order valence-electron chi connectivity index (χ1n) is 17.4. The normalized spacial score (nSPS) is 29.7. The van der Waals surface area contributed by atoms with Crippen molar-refractivity contribution in [1.82, 2.24) is 0 Å². The van der Waals surface area contributed by atoms with E-state index in [4.69, 9.17) is 4.42 Å². The zero-order valence-electron chi connectivity index (χ0n) is 27.6. The molecule has 4 aliphatic carbocycles. The van der Waals surface area contributed by atoms with Crippen molar-refractivity contribution in [3.8, 4) is 11.3 Å². The maximum Gasteiger partial charge on any atom is 0.193 e. The van der Waals surface area contributed by atoms with E-state index >= 15 is 0 Å². The molecule has 47 heavy (non-hydrogen) atoms. The number of furan rings is 1. The topological polar surface area (TPSA) is 64.3 Å². The van der Waals surface area contributed by atoms with Gasteiger partial charge in [0.15, 0.2) is 11.6 Å². The van der Waals surface area contributed by atoms with Crippen LogP contribution in [0.3, 0.4) is 0 Å². The fourth-order valence-corrected chi connectivity index (χ4v) is 10.3. The Morgan fingerprint density at radius 2 is 1.53 bits per heavy atom. The highest BCUT2D eigenvalue weighted by Crippen LogP contribution is 2.66. The van der Waals surface area contributed by atoms with Gasteiger partial charge in [-0.1, -0.05) is 86.7 Å². The molecule has 1 aromatic heterocycles. The van der Waals surface area contributed by atoms with E-state index in [1.165, 1.54) is 5.57 Å². The van der Waals surface area contributed by atoms with Crippen LogP contribution in [0.5, 0.6) is 0 Å². The van der Waals surface area contributed by atoms with Crippen LogP contribution in [0.25, 0.3) is 22.3 Å². The number of carbonyl (C=O) groups is 3. The molecule has 0 amide bonds. The van der Waals surface area contributed by atoms with E-state index in [-0.39, 0.29) is 28.3 Å². The van der Waals surface area contributed by atoms with Crippen molar-refractivity contribution >= 4 is 28.3 Å². The van der Waals surface area contributed by atoms with Crippen LogP contribution in [0.2, 0.25) is 0 Å². The molecule has 0 unspecified atom stereocenters. The monoisotopic (exact) mass is 622 g/mol. The summed E-state index contributed by atoms with van der Waals surface area (Å²) in [4.78, 5) is 40.7. The van der Waals surface area contributed by atoms with Gasteiger partial charge in [-0.3, -0.25) is 14.4 Å². The second-order valence-electron chi connectivity index (χ2n) is 15.1. The predicted octanol–water partition coefficient (Wildman–Crippen LogP) is 10.2. The van der Waals surface area contributed by atoms with E-state index in [2.05, 4.69) is 26.0 Å². The van der Waals surface area contributed by atoms with Gasteiger partial charge in [0.25, 0.3) is 0 Å². The van der Waals surface area contributed by atoms with Crippen LogP contribution >= 0.6 is 0 Å². The lowest BCUT2D eigenvalue weighted by Gasteiger charge is -2.57. The maximum atomic E-state index is 14.7. The number of hydrogen-bond acceptors (Lipinski definition) is 4. The smallest absolute Gasteiger partial charge is 0.193 e. The molecule has 0 spiro atoms. The van der Waals surface area contributed by atoms with Crippen molar-refractivity contribution in [2.45, 2.75) is 65.7 Å². The van der Waals surface area contributed by atoms with Gasteiger partial charge in [-0.05, 0) is 104 Å². The largest absolute Gasteiger partial charge is 0.455 e. The van der Waals surface area contributed by atoms with Gasteiger partial charge in [0.2, 0.25) is 0 Å². The fraction of sp³-hybridized carbons (Fsp3) is 0.372. The molecule has 4 aromatic rings. The van der Waals surface area contributed by atoms with Gasteiger partial charge in [-0.2, -0.15) is 0 Å². The summed E-state index contributed by atoms with van der Waals surface area (Å²) in [5, 5.41) is 0.676. The van der Waals surface area contributed by atoms with Gasteiger partial charge in [-0.25, -0.2) is 0 Å².